The normalized spacial score (nSPS) is 11.8. The minimum atomic E-state index is 0.837. The van der Waals surface area contributed by atoms with Crippen LogP contribution >= 0.6 is 0 Å². The second kappa shape index (κ2) is 14.0. The molecule has 0 unspecified atom stereocenters. The van der Waals surface area contributed by atoms with Gasteiger partial charge in [0.1, 0.15) is 16.9 Å². The molecule has 5 nitrogen and oxygen atoms in total. The van der Waals surface area contributed by atoms with Crippen LogP contribution < -0.4 is 4.57 Å². The van der Waals surface area contributed by atoms with E-state index in [-0.39, 0.29) is 0 Å². The van der Waals surface area contributed by atoms with Gasteiger partial charge in [0.25, 0.3) is 0 Å². The minimum Gasteiger partial charge on any atom is -0.456 e. The molecule has 0 N–H and O–H groups in total. The number of rotatable bonds is 6. The van der Waals surface area contributed by atoms with E-state index >= 15 is 0 Å². The summed E-state index contributed by atoms with van der Waals surface area (Å²) in [6, 6.07) is 75.6. The lowest BCUT2D eigenvalue weighted by Crippen LogP contribution is -2.31. The number of fused-ring (bicyclic) bond motifs is 9. The van der Waals surface area contributed by atoms with Crippen molar-refractivity contribution >= 4 is 65.6 Å². The highest BCUT2D eigenvalue weighted by molar-refractivity contribution is 6.16. The van der Waals surface area contributed by atoms with Gasteiger partial charge in [-0.15, -0.1) is 0 Å². The summed E-state index contributed by atoms with van der Waals surface area (Å²) >= 11 is 0. The van der Waals surface area contributed by atoms with E-state index in [1.54, 1.807) is 0 Å². The third-order valence-electron chi connectivity index (χ3n) is 12.6. The molecule has 9 aromatic carbocycles. The van der Waals surface area contributed by atoms with Crippen LogP contribution in [0.2, 0.25) is 0 Å². The van der Waals surface area contributed by atoms with E-state index < -0.39 is 0 Å². The second-order valence-electron chi connectivity index (χ2n) is 16.2. The van der Waals surface area contributed by atoms with E-state index in [2.05, 4.69) is 232 Å². The summed E-state index contributed by atoms with van der Waals surface area (Å²) in [5.74, 6) is 0.837. The summed E-state index contributed by atoms with van der Waals surface area (Å²) in [5, 5.41) is 7.00. The van der Waals surface area contributed by atoms with Gasteiger partial charge in [-0.05, 0) is 82.9 Å². The quantitative estimate of drug-likeness (QED) is 0.157. The monoisotopic (exact) mass is 805 g/mol. The topological polar surface area (TPSA) is 39.8 Å². The molecular weight excluding hydrogens is 769 g/mol. The molecule has 0 saturated carbocycles. The Kier molecular flexibility index (Phi) is 7.84. The van der Waals surface area contributed by atoms with Crippen LogP contribution in [0.3, 0.4) is 0 Å². The van der Waals surface area contributed by atoms with E-state index in [4.69, 9.17) is 9.40 Å². The number of nitrogens with zero attached hydrogens (tertiary/aromatic N) is 4. The standard InChI is InChI=1S/C58H37N4O/c1-4-15-38(16-5-1)50-36-60(42-17-6-2-7-18-42)37-57(59-50)62-52-25-13-10-21-45(52)47-30-27-41(35-54(47)62)44-23-14-26-56-58(44)49-34-40(29-32-55(49)63-56)39-28-31-53-48(33-39)46-22-11-12-24-51(46)61(53)43-19-8-3-9-20-43/h1-37H/q+1. The van der Waals surface area contributed by atoms with Crippen LogP contribution in [0, 0.1) is 0 Å². The van der Waals surface area contributed by atoms with Crippen LogP contribution in [0.5, 0.6) is 0 Å². The zero-order chi connectivity index (χ0) is 41.4. The van der Waals surface area contributed by atoms with Crippen LogP contribution in [0.15, 0.2) is 229 Å². The van der Waals surface area contributed by atoms with Gasteiger partial charge in [-0.1, -0.05) is 140 Å². The molecule has 0 atom stereocenters. The largest absolute Gasteiger partial charge is 0.456 e. The smallest absolute Gasteiger partial charge is 0.218 e. The Balaban J connectivity index is 0.992. The molecule has 0 radical (unpaired) electrons. The fraction of sp³-hybridized carbons (Fsp3) is 0. The summed E-state index contributed by atoms with van der Waals surface area (Å²) in [5.41, 5.74) is 15.0. The van der Waals surface area contributed by atoms with E-state index in [0.29, 0.717) is 0 Å². The fourth-order valence-corrected chi connectivity index (χ4v) is 9.72. The summed E-state index contributed by atoms with van der Waals surface area (Å²) in [6.45, 7) is 0. The SMILES string of the molecule is c1ccc(-c2c[n+](-c3ccccc3)cc(-n3c4ccccc4c4ccc(-c5cccc6oc7ccc(-c8ccc9c(c8)c8ccccc8n9-c8ccccc8)cc7c56)cc43)n2)cc1. The molecule has 63 heavy (non-hydrogen) atoms. The molecule has 0 fully saturated rings. The number of aromatic nitrogens is 4. The molecule has 294 valence electrons. The van der Waals surface area contributed by atoms with Gasteiger partial charge in [0.2, 0.25) is 23.9 Å². The number of hydrogen-bond donors (Lipinski definition) is 0. The van der Waals surface area contributed by atoms with Crippen molar-refractivity contribution in [2.45, 2.75) is 0 Å². The van der Waals surface area contributed by atoms with Gasteiger partial charge in [-0.25, -0.2) is 4.98 Å². The molecule has 0 aliphatic heterocycles. The molecule has 0 bridgehead atoms. The Hall–Kier alpha value is -8.54. The van der Waals surface area contributed by atoms with Crippen LogP contribution in [0.4, 0.5) is 0 Å². The molecule has 0 aliphatic rings. The molecular formula is C58H37N4O+. The molecule has 4 heterocycles. The maximum absolute atomic E-state index is 6.60. The molecule has 5 heteroatoms. The highest BCUT2D eigenvalue weighted by Crippen LogP contribution is 2.42. The van der Waals surface area contributed by atoms with Crippen molar-refractivity contribution < 1.29 is 8.98 Å². The van der Waals surface area contributed by atoms with Crippen molar-refractivity contribution in [3.63, 3.8) is 0 Å². The van der Waals surface area contributed by atoms with Crippen molar-refractivity contribution in [2.75, 3.05) is 0 Å². The van der Waals surface area contributed by atoms with Gasteiger partial charge in [-0.2, -0.15) is 4.57 Å². The first kappa shape index (κ1) is 35.2. The highest BCUT2D eigenvalue weighted by Gasteiger charge is 2.21. The first-order valence-electron chi connectivity index (χ1n) is 21.4. The lowest BCUT2D eigenvalue weighted by atomic mass is 9.96. The number of benzene rings is 9. The Morgan fingerprint density at radius 3 is 1.79 bits per heavy atom. The minimum absolute atomic E-state index is 0.837. The molecule has 0 amide bonds. The van der Waals surface area contributed by atoms with Crippen LogP contribution in [-0.2, 0) is 0 Å². The Bertz CT molecular complexity index is 3840. The summed E-state index contributed by atoms with van der Waals surface area (Å²) in [4.78, 5) is 5.37. The van der Waals surface area contributed by atoms with Gasteiger partial charge in [-0.3, -0.25) is 4.57 Å². The van der Waals surface area contributed by atoms with E-state index in [1.165, 1.54) is 32.6 Å². The van der Waals surface area contributed by atoms with Crippen LogP contribution in [-0.4, -0.2) is 14.1 Å². The second-order valence-corrected chi connectivity index (χ2v) is 16.2. The first-order valence-corrected chi connectivity index (χ1v) is 21.4. The molecule has 4 aromatic heterocycles. The maximum atomic E-state index is 6.60. The van der Waals surface area contributed by atoms with Crippen molar-refractivity contribution in [1.82, 2.24) is 14.1 Å². The third kappa shape index (κ3) is 5.64. The predicted octanol–water partition coefficient (Wildman–Crippen LogP) is 14.5. The lowest BCUT2D eigenvalue weighted by molar-refractivity contribution is -0.595. The molecule has 13 aromatic rings. The summed E-state index contributed by atoms with van der Waals surface area (Å²) in [7, 11) is 0. The Morgan fingerprint density at radius 2 is 1.00 bits per heavy atom. The average molecular weight is 806 g/mol. The zero-order valence-corrected chi connectivity index (χ0v) is 34.1. The van der Waals surface area contributed by atoms with E-state index in [9.17, 15) is 0 Å². The van der Waals surface area contributed by atoms with Crippen LogP contribution in [0.25, 0.3) is 116 Å². The van der Waals surface area contributed by atoms with Crippen molar-refractivity contribution in [2.24, 2.45) is 0 Å². The molecule has 0 spiro atoms. The molecule has 0 saturated heterocycles. The fourth-order valence-electron chi connectivity index (χ4n) is 9.72. The van der Waals surface area contributed by atoms with Crippen molar-refractivity contribution in [3.05, 3.63) is 225 Å². The predicted molar refractivity (Wildman–Crippen MR) is 258 cm³/mol. The van der Waals surface area contributed by atoms with E-state index in [0.717, 1.165) is 83.7 Å². The summed E-state index contributed by atoms with van der Waals surface area (Å²) < 4.78 is 13.5. The van der Waals surface area contributed by atoms with Crippen molar-refractivity contribution in [1.29, 1.82) is 0 Å². The van der Waals surface area contributed by atoms with E-state index in [1.807, 2.05) is 6.07 Å². The maximum Gasteiger partial charge on any atom is 0.218 e. The Morgan fingerprint density at radius 1 is 0.381 bits per heavy atom. The van der Waals surface area contributed by atoms with Crippen molar-refractivity contribution in [3.8, 4) is 50.7 Å². The van der Waals surface area contributed by atoms with Gasteiger partial charge in [0, 0.05) is 55.7 Å². The third-order valence-corrected chi connectivity index (χ3v) is 12.6. The van der Waals surface area contributed by atoms with Gasteiger partial charge >= 0.3 is 0 Å². The highest BCUT2D eigenvalue weighted by atomic mass is 16.3. The average Bonchev–Trinajstić information content (AvgIpc) is 4.01. The van der Waals surface area contributed by atoms with Gasteiger partial charge in [0.05, 0.1) is 22.1 Å². The molecule has 0 aliphatic carbocycles. The summed E-state index contributed by atoms with van der Waals surface area (Å²) in [6.07, 6.45) is 4.26. The van der Waals surface area contributed by atoms with Gasteiger partial charge in [0.15, 0.2) is 0 Å². The number of para-hydroxylation sites is 4. The number of hydrogen-bond acceptors (Lipinski definition) is 2. The van der Waals surface area contributed by atoms with Gasteiger partial charge < -0.3 is 8.98 Å². The molecule has 13 rings (SSSR count). The first-order chi connectivity index (χ1) is 31.2. The van der Waals surface area contributed by atoms with Crippen LogP contribution in [0.1, 0.15) is 0 Å². The number of furan rings is 1. The zero-order valence-electron chi connectivity index (χ0n) is 34.1. The Labute approximate surface area is 362 Å². The lowest BCUT2D eigenvalue weighted by Gasteiger charge is -2.10.